The quantitative estimate of drug-likeness (QED) is 0.668. The van der Waals surface area contributed by atoms with Crippen LogP contribution in [0.4, 0.5) is 0 Å². The smallest absolute Gasteiger partial charge is 0.343 e. The molecular formula is C22H25NO4. The molecule has 1 heterocycles. The van der Waals surface area contributed by atoms with E-state index in [1.807, 2.05) is 26.8 Å². The molecule has 0 amide bonds. The molecule has 0 aliphatic rings. The number of rotatable bonds is 3. The van der Waals surface area contributed by atoms with Crippen molar-refractivity contribution in [3.63, 3.8) is 0 Å². The minimum absolute atomic E-state index is 0.0920. The maximum atomic E-state index is 12.9. The van der Waals surface area contributed by atoms with E-state index < -0.39 is 17.1 Å². The first-order valence-corrected chi connectivity index (χ1v) is 8.71. The van der Waals surface area contributed by atoms with Crippen molar-refractivity contribution in [2.75, 3.05) is 6.61 Å². The van der Waals surface area contributed by atoms with Gasteiger partial charge in [0, 0.05) is 17.4 Å². The van der Waals surface area contributed by atoms with Gasteiger partial charge in [-0.15, -0.1) is 0 Å². The Balaban J connectivity index is 2.56. The Bertz CT molecular complexity index is 933. The number of carbonyl (C=O) groups excluding carboxylic acids is 1. The summed E-state index contributed by atoms with van der Waals surface area (Å²) in [6.45, 7) is 9.13. The summed E-state index contributed by atoms with van der Waals surface area (Å²) < 4.78 is 6.68. The molecule has 0 atom stereocenters. The van der Waals surface area contributed by atoms with E-state index in [-0.39, 0.29) is 17.6 Å². The zero-order chi connectivity index (χ0) is 20.2. The molecule has 0 saturated carbocycles. The van der Waals surface area contributed by atoms with Crippen molar-refractivity contribution in [3.05, 3.63) is 64.1 Å². The summed E-state index contributed by atoms with van der Waals surface area (Å²) in [4.78, 5) is 25.4. The summed E-state index contributed by atoms with van der Waals surface area (Å²) in [5.41, 5.74) is -0.935. The highest BCUT2D eigenvalue weighted by atomic mass is 16.5. The van der Waals surface area contributed by atoms with Gasteiger partial charge in [0.05, 0.1) is 6.61 Å². The number of nitrogens with zero attached hydrogens (tertiary/aromatic N) is 1. The normalized spacial score (nSPS) is 11.5. The fourth-order valence-corrected chi connectivity index (χ4v) is 2.16. The van der Waals surface area contributed by atoms with E-state index in [1.54, 1.807) is 44.3 Å². The largest absolute Gasteiger partial charge is 0.461 e. The van der Waals surface area contributed by atoms with Crippen LogP contribution in [0, 0.1) is 17.3 Å². The highest BCUT2D eigenvalue weighted by Crippen LogP contribution is 2.15. The van der Waals surface area contributed by atoms with Crippen molar-refractivity contribution in [2.24, 2.45) is 5.41 Å². The minimum Gasteiger partial charge on any atom is -0.461 e. The van der Waals surface area contributed by atoms with Gasteiger partial charge in [-0.25, -0.2) is 4.79 Å². The van der Waals surface area contributed by atoms with E-state index >= 15 is 0 Å². The van der Waals surface area contributed by atoms with E-state index in [0.717, 1.165) is 0 Å². The lowest BCUT2D eigenvalue weighted by atomic mass is 9.99. The highest BCUT2D eigenvalue weighted by Gasteiger charge is 2.20. The molecule has 0 bridgehead atoms. The van der Waals surface area contributed by atoms with Crippen LogP contribution in [0.1, 0.15) is 50.5 Å². The molecule has 0 aliphatic heterocycles. The van der Waals surface area contributed by atoms with E-state index in [1.165, 1.54) is 10.6 Å². The number of aliphatic hydroxyl groups is 1. The van der Waals surface area contributed by atoms with Crippen molar-refractivity contribution >= 4 is 5.97 Å². The molecule has 2 aromatic rings. The first-order valence-electron chi connectivity index (χ1n) is 8.71. The van der Waals surface area contributed by atoms with Crippen LogP contribution in [0.2, 0.25) is 0 Å². The van der Waals surface area contributed by atoms with Crippen molar-refractivity contribution in [2.45, 2.75) is 40.2 Å². The summed E-state index contributed by atoms with van der Waals surface area (Å²) in [6, 6.07) is 10.4. The molecular weight excluding hydrogens is 342 g/mol. The van der Waals surface area contributed by atoms with Crippen LogP contribution >= 0.6 is 0 Å². The molecule has 27 heavy (non-hydrogen) atoms. The van der Waals surface area contributed by atoms with Crippen LogP contribution in [0.15, 0.2) is 47.4 Å². The van der Waals surface area contributed by atoms with Crippen molar-refractivity contribution in [1.82, 2.24) is 4.57 Å². The summed E-state index contributed by atoms with van der Waals surface area (Å²) >= 11 is 0. The predicted octanol–water partition coefficient (Wildman–Crippen LogP) is 3.16. The van der Waals surface area contributed by atoms with E-state index in [9.17, 15) is 14.7 Å². The number of aromatic nitrogens is 1. The lowest BCUT2D eigenvalue weighted by molar-refractivity contribution is 0.0364. The van der Waals surface area contributed by atoms with Gasteiger partial charge in [0.15, 0.2) is 0 Å². The van der Waals surface area contributed by atoms with Gasteiger partial charge < -0.3 is 9.84 Å². The van der Waals surface area contributed by atoms with Crippen LogP contribution in [0.3, 0.4) is 0 Å². The lowest BCUT2D eigenvalue weighted by Crippen LogP contribution is -2.28. The Kier molecular flexibility index (Phi) is 5.92. The standard InChI is InChI=1S/C22H25NO4/c1-21(2,3)15-27-20(25)18-13-16(11-12-22(4,5)26)14-23(19(18)24)17-9-7-6-8-10-17/h6-10,13-14,26H,15H2,1-5H3. The van der Waals surface area contributed by atoms with Crippen LogP contribution in [-0.4, -0.2) is 27.9 Å². The summed E-state index contributed by atoms with van der Waals surface area (Å²) in [6.07, 6.45) is 1.55. The Morgan fingerprint density at radius 1 is 1.15 bits per heavy atom. The van der Waals surface area contributed by atoms with Gasteiger partial charge in [0.2, 0.25) is 0 Å². The Labute approximate surface area is 159 Å². The van der Waals surface area contributed by atoms with E-state index in [0.29, 0.717) is 11.3 Å². The number of hydrogen-bond acceptors (Lipinski definition) is 4. The number of esters is 1. The Hall–Kier alpha value is -2.84. The second-order valence-electron chi connectivity index (χ2n) is 8.10. The van der Waals surface area contributed by atoms with Crippen LogP contribution in [0.5, 0.6) is 0 Å². The molecule has 1 aromatic carbocycles. The number of para-hydroxylation sites is 1. The van der Waals surface area contributed by atoms with Crippen molar-refractivity contribution in [1.29, 1.82) is 0 Å². The molecule has 1 N–H and O–H groups in total. The van der Waals surface area contributed by atoms with Crippen LogP contribution < -0.4 is 5.56 Å². The Morgan fingerprint density at radius 2 is 1.78 bits per heavy atom. The summed E-state index contributed by atoms with van der Waals surface area (Å²) in [7, 11) is 0. The number of hydrogen-bond donors (Lipinski definition) is 1. The molecule has 0 fully saturated rings. The molecule has 5 heteroatoms. The second kappa shape index (κ2) is 7.81. The molecule has 0 unspecified atom stereocenters. The van der Waals surface area contributed by atoms with Gasteiger partial charge in [-0.05, 0) is 37.5 Å². The molecule has 0 aliphatic carbocycles. The topological polar surface area (TPSA) is 68.5 Å². The van der Waals surface area contributed by atoms with Gasteiger partial charge in [-0.3, -0.25) is 9.36 Å². The van der Waals surface area contributed by atoms with Crippen LogP contribution in [-0.2, 0) is 4.74 Å². The van der Waals surface area contributed by atoms with Gasteiger partial charge in [-0.1, -0.05) is 50.8 Å². The molecule has 0 saturated heterocycles. The monoisotopic (exact) mass is 367 g/mol. The average molecular weight is 367 g/mol. The molecule has 142 valence electrons. The minimum atomic E-state index is -1.19. The van der Waals surface area contributed by atoms with Gasteiger partial charge in [0.25, 0.3) is 5.56 Å². The van der Waals surface area contributed by atoms with Gasteiger partial charge in [0.1, 0.15) is 11.2 Å². The van der Waals surface area contributed by atoms with Gasteiger partial charge in [-0.2, -0.15) is 0 Å². The predicted molar refractivity (Wildman–Crippen MR) is 105 cm³/mol. The van der Waals surface area contributed by atoms with E-state index in [2.05, 4.69) is 11.8 Å². The SMILES string of the molecule is CC(C)(O)C#Cc1cc(C(=O)OCC(C)(C)C)c(=O)n(-c2ccccc2)c1. The first kappa shape index (κ1) is 20.5. The zero-order valence-electron chi connectivity index (χ0n) is 16.4. The zero-order valence-corrected chi connectivity index (χ0v) is 16.4. The maximum Gasteiger partial charge on any atom is 0.343 e. The number of ether oxygens (including phenoxy) is 1. The van der Waals surface area contributed by atoms with Crippen molar-refractivity contribution < 1.29 is 14.6 Å². The lowest BCUT2D eigenvalue weighted by Gasteiger charge is -2.18. The molecule has 1 aromatic heterocycles. The number of benzene rings is 1. The molecule has 0 radical (unpaired) electrons. The Morgan fingerprint density at radius 3 is 2.33 bits per heavy atom. The molecule has 5 nitrogen and oxygen atoms in total. The number of pyridine rings is 1. The fourth-order valence-electron chi connectivity index (χ4n) is 2.16. The summed E-state index contributed by atoms with van der Waals surface area (Å²) in [5, 5.41) is 9.84. The third-order valence-corrected chi connectivity index (χ3v) is 3.42. The first-order chi connectivity index (χ1) is 12.5. The second-order valence-corrected chi connectivity index (χ2v) is 8.10. The molecule has 2 rings (SSSR count). The van der Waals surface area contributed by atoms with Crippen molar-refractivity contribution in [3.8, 4) is 17.5 Å². The third-order valence-electron chi connectivity index (χ3n) is 3.42. The average Bonchev–Trinajstić information content (AvgIpc) is 2.58. The van der Waals surface area contributed by atoms with Gasteiger partial charge >= 0.3 is 5.97 Å². The number of carbonyl (C=O) groups is 1. The van der Waals surface area contributed by atoms with E-state index in [4.69, 9.17) is 4.74 Å². The fraction of sp³-hybridized carbons (Fsp3) is 0.364. The maximum absolute atomic E-state index is 12.9. The molecule has 0 spiro atoms. The summed E-state index contributed by atoms with van der Waals surface area (Å²) in [5.74, 6) is 4.83. The highest BCUT2D eigenvalue weighted by molar-refractivity contribution is 5.89. The van der Waals surface area contributed by atoms with Crippen LogP contribution in [0.25, 0.3) is 5.69 Å². The third kappa shape index (κ3) is 6.12.